The average Bonchev–Trinajstić information content (AvgIpc) is 2.83. The summed E-state index contributed by atoms with van der Waals surface area (Å²) < 4.78 is 27.8. The first-order valence-electron chi connectivity index (χ1n) is 11.9. The molecule has 0 spiro atoms. The van der Waals surface area contributed by atoms with Gasteiger partial charge in [-0.3, -0.25) is 18.8 Å². The number of amides is 1. The highest BCUT2D eigenvalue weighted by Gasteiger charge is 2.41. The summed E-state index contributed by atoms with van der Waals surface area (Å²) in [6.07, 6.45) is 1.12. The van der Waals surface area contributed by atoms with Crippen molar-refractivity contribution in [3.05, 3.63) is 97.9 Å². The third-order valence-electron chi connectivity index (χ3n) is 6.43. The number of nitrogens with zero attached hydrogens (tertiary/aromatic N) is 2. The zero-order valence-corrected chi connectivity index (χ0v) is 24.9. The van der Waals surface area contributed by atoms with Gasteiger partial charge in [0.2, 0.25) is 10.0 Å². The molecule has 0 aliphatic carbocycles. The molecule has 1 amide bonds. The fraction of sp³-hybridized carbons (Fsp3) is 0.259. The van der Waals surface area contributed by atoms with Crippen LogP contribution in [0.25, 0.3) is 0 Å². The van der Waals surface area contributed by atoms with E-state index < -0.39 is 34.0 Å². The largest absolute Gasteiger partial charge is 0.480 e. The smallest absolute Gasteiger partial charge is 0.325 e. The van der Waals surface area contributed by atoms with Crippen molar-refractivity contribution >= 4 is 66.7 Å². The van der Waals surface area contributed by atoms with Crippen molar-refractivity contribution in [3.63, 3.8) is 0 Å². The third-order valence-corrected chi connectivity index (χ3v) is 8.62. The van der Waals surface area contributed by atoms with Crippen LogP contribution >= 0.6 is 39.1 Å². The first kappa shape index (κ1) is 29.4. The van der Waals surface area contributed by atoms with Crippen LogP contribution in [0.15, 0.2) is 71.2 Å². The lowest BCUT2D eigenvalue weighted by molar-refractivity contribution is -0.138. The minimum Gasteiger partial charge on any atom is -0.480 e. The Bertz CT molecular complexity index is 1430. The molecule has 1 fully saturated rings. The predicted molar refractivity (Wildman–Crippen MR) is 156 cm³/mol. The molecule has 1 saturated heterocycles. The molecule has 1 aliphatic rings. The molecule has 0 unspecified atom stereocenters. The van der Waals surface area contributed by atoms with E-state index in [1.165, 1.54) is 23.4 Å². The first-order valence-corrected chi connectivity index (χ1v) is 15.3. The third kappa shape index (κ3) is 6.93. The molecule has 0 aromatic heterocycles. The summed E-state index contributed by atoms with van der Waals surface area (Å²) in [6.45, 7) is 2.20. The number of likely N-dealkylation sites (tertiary alicyclic amines) is 1. The predicted octanol–water partition coefficient (Wildman–Crippen LogP) is 5.20. The minimum absolute atomic E-state index is 0.137. The Labute approximate surface area is 245 Å². The van der Waals surface area contributed by atoms with E-state index in [0.29, 0.717) is 33.3 Å². The highest BCUT2D eigenvalue weighted by Crippen LogP contribution is 2.37. The Morgan fingerprint density at radius 3 is 1.97 bits per heavy atom. The van der Waals surface area contributed by atoms with Crippen LogP contribution in [-0.2, 0) is 14.8 Å². The van der Waals surface area contributed by atoms with Crippen molar-refractivity contribution in [3.8, 4) is 0 Å². The molecule has 0 bridgehead atoms. The van der Waals surface area contributed by atoms with E-state index in [4.69, 9.17) is 28.3 Å². The van der Waals surface area contributed by atoms with Crippen LogP contribution in [0, 0.1) is 0 Å². The van der Waals surface area contributed by atoms with Crippen LogP contribution in [0.2, 0.25) is 10.0 Å². The number of carboxylic acid groups (broad SMARTS) is 1. The zero-order chi connectivity index (χ0) is 28.5. The van der Waals surface area contributed by atoms with E-state index in [2.05, 4.69) is 26.1 Å². The number of carbonyl (C=O) groups is 2. The van der Waals surface area contributed by atoms with Crippen LogP contribution in [0.4, 0.5) is 5.69 Å². The maximum Gasteiger partial charge on any atom is 0.325 e. The lowest BCUT2D eigenvalue weighted by atomic mass is 9.93. The second-order valence-electron chi connectivity index (χ2n) is 9.40. The molecule has 1 heterocycles. The van der Waals surface area contributed by atoms with Gasteiger partial charge in [0.25, 0.3) is 5.91 Å². The van der Waals surface area contributed by atoms with E-state index in [1.54, 1.807) is 6.07 Å². The number of benzene rings is 3. The number of sulfonamides is 1. The number of rotatable bonds is 9. The van der Waals surface area contributed by atoms with E-state index in [9.17, 15) is 18.0 Å². The average molecular weight is 655 g/mol. The molecule has 3 aromatic carbocycles. The monoisotopic (exact) mass is 653 g/mol. The van der Waals surface area contributed by atoms with Crippen molar-refractivity contribution in [2.75, 3.05) is 23.7 Å². The summed E-state index contributed by atoms with van der Waals surface area (Å²) in [5, 5.41) is 12.8. The van der Waals surface area contributed by atoms with Gasteiger partial charge in [0.05, 0.1) is 24.0 Å². The fourth-order valence-corrected chi connectivity index (χ4v) is 6.49. The highest BCUT2D eigenvalue weighted by atomic mass is 79.9. The quantitative estimate of drug-likeness (QED) is 0.329. The normalized spacial score (nSPS) is 15.0. The Balaban J connectivity index is 1.63. The summed E-state index contributed by atoms with van der Waals surface area (Å²) >= 11 is 15.6. The maximum absolute atomic E-state index is 13.0. The number of carbonyl (C=O) groups excluding carboxylic acids is 1. The summed E-state index contributed by atoms with van der Waals surface area (Å²) in [5.41, 5.74) is 2.44. The van der Waals surface area contributed by atoms with Gasteiger partial charge in [-0.1, -0.05) is 63.4 Å². The molecule has 1 atom stereocenters. The second kappa shape index (κ2) is 11.9. The Kier molecular flexibility index (Phi) is 8.92. The maximum atomic E-state index is 13.0. The summed E-state index contributed by atoms with van der Waals surface area (Å²) in [7, 11) is -3.74. The lowest BCUT2D eigenvalue weighted by Gasteiger charge is -2.48. The Morgan fingerprint density at radius 1 is 1.00 bits per heavy atom. The van der Waals surface area contributed by atoms with Gasteiger partial charge >= 0.3 is 5.97 Å². The van der Waals surface area contributed by atoms with Gasteiger partial charge in [-0.15, -0.1) is 0 Å². The molecule has 2 N–H and O–H groups in total. The van der Waals surface area contributed by atoms with Gasteiger partial charge in [0.15, 0.2) is 0 Å². The van der Waals surface area contributed by atoms with Crippen molar-refractivity contribution in [2.24, 2.45) is 0 Å². The van der Waals surface area contributed by atoms with Gasteiger partial charge in [0.1, 0.15) is 6.04 Å². The van der Waals surface area contributed by atoms with Gasteiger partial charge in [-0.05, 0) is 60.5 Å². The fourth-order valence-electron chi connectivity index (χ4n) is 4.60. The Hall–Kier alpha value is -2.63. The Morgan fingerprint density at radius 2 is 1.51 bits per heavy atom. The zero-order valence-electron chi connectivity index (χ0n) is 21.0. The molecule has 0 saturated carbocycles. The molecule has 39 heavy (non-hydrogen) atoms. The molecule has 206 valence electrons. The van der Waals surface area contributed by atoms with Crippen LogP contribution in [-0.4, -0.2) is 61.7 Å². The first-order chi connectivity index (χ1) is 18.3. The number of aliphatic carboxylic acids is 1. The number of halogens is 3. The van der Waals surface area contributed by atoms with Gasteiger partial charge in [-0.2, -0.15) is 0 Å². The van der Waals surface area contributed by atoms with E-state index >= 15 is 0 Å². The topological polar surface area (TPSA) is 107 Å². The number of anilines is 1. The standard InChI is InChI=1S/C27H26BrCl2N3O5S/c1-16(27(35)36)31-26(34)19-11-20(28)13-23(12-19)33(39(2,37)38)24-14-32(15-24)25(17-3-7-21(29)8-4-17)18-5-9-22(30)10-6-18/h3-13,16,24-25H,14-15H2,1-2H3,(H,31,34)(H,35,36)/t16-/m0/s1. The van der Waals surface area contributed by atoms with E-state index in [1.807, 2.05) is 48.5 Å². The summed E-state index contributed by atoms with van der Waals surface area (Å²) in [4.78, 5) is 26.0. The lowest BCUT2D eigenvalue weighted by Crippen LogP contribution is -2.61. The van der Waals surface area contributed by atoms with Crippen molar-refractivity contribution in [1.82, 2.24) is 10.2 Å². The molecule has 8 nitrogen and oxygen atoms in total. The molecule has 0 radical (unpaired) electrons. The van der Waals surface area contributed by atoms with Crippen LogP contribution in [0.3, 0.4) is 0 Å². The van der Waals surface area contributed by atoms with Gasteiger partial charge in [0, 0.05) is 33.2 Å². The molecule has 1 aliphatic heterocycles. The van der Waals surface area contributed by atoms with Crippen LogP contribution < -0.4 is 9.62 Å². The van der Waals surface area contributed by atoms with E-state index in [0.717, 1.165) is 17.4 Å². The molecule has 12 heteroatoms. The van der Waals surface area contributed by atoms with Crippen molar-refractivity contribution < 1.29 is 23.1 Å². The van der Waals surface area contributed by atoms with Crippen LogP contribution in [0.5, 0.6) is 0 Å². The SMILES string of the molecule is C[C@H](NC(=O)c1cc(Br)cc(N(C2CN(C(c3ccc(Cl)cc3)c3ccc(Cl)cc3)C2)S(C)(=O)=O)c1)C(=O)O. The minimum atomic E-state index is -3.74. The number of hydrogen-bond acceptors (Lipinski definition) is 5. The summed E-state index contributed by atoms with van der Waals surface area (Å²) in [6, 6.07) is 18.0. The van der Waals surface area contributed by atoms with Crippen molar-refractivity contribution in [2.45, 2.75) is 25.0 Å². The molecule has 4 rings (SSSR count). The van der Waals surface area contributed by atoms with Gasteiger partial charge < -0.3 is 10.4 Å². The second-order valence-corrected chi connectivity index (χ2v) is 13.1. The number of carboxylic acids is 1. The van der Waals surface area contributed by atoms with Gasteiger partial charge in [-0.25, -0.2) is 8.42 Å². The van der Waals surface area contributed by atoms with Crippen molar-refractivity contribution in [1.29, 1.82) is 0 Å². The summed E-state index contributed by atoms with van der Waals surface area (Å²) in [5.74, 6) is -1.80. The van der Waals surface area contributed by atoms with Crippen LogP contribution in [0.1, 0.15) is 34.5 Å². The highest BCUT2D eigenvalue weighted by molar-refractivity contribution is 9.10. The molecular weight excluding hydrogens is 629 g/mol. The number of nitrogens with one attached hydrogen (secondary N) is 1. The molecule has 3 aromatic rings. The molecular formula is C27H26BrCl2N3O5S. The van der Waals surface area contributed by atoms with E-state index in [-0.39, 0.29) is 11.6 Å². The number of hydrogen-bond donors (Lipinski definition) is 2.